The zero-order valence-corrected chi connectivity index (χ0v) is 18.5. The standard InChI is InChI=1S/C27H29N3O2/c1-29-17-23(20-11-7-8-14-24(20)29)26-21-12-5-6-13-22(21)27(32)30(26)18-25(31)28-16-15-19-9-3-2-4-10-19/h5-9,11-14,17,26H,2-4,10,15-16,18H2,1H3,(H,28,31)/t26-/m0/s1. The Kier molecular flexibility index (Phi) is 5.56. The number of benzene rings is 2. The summed E-state index contributed by atoms with van der Waals surface area (Å²) in [7, 11) is 2.02. The van der Waals surface area contributed by atoms with E-state index in [1.165, 1.54) is 18.4 Å². The smallest absolute Gasteiger partial charge is 0.255 e. The third kappa shape index (κ3) is 3.72. The van der Waals surface area contributed by atoms with E-state index in [-0.39, 0.29) is 24.4 Å². The van der Waals surface area contributed by atoms with E-state index in [0.717, 1.165) is 41.3 Å². The molecule has 164 valence electrons. The molecular formula is C27H29N3O2. The molecule has 1 N–H and O–H groups in total. The maximum absolute atomic E-state index is 13.3. The van der Waals surface area contributed by atoms with Crippen LogP contribution >= 0.6 is 0 Å². The molecule has 0 saturated carbocycles. The Morgan fingerprint density at radius 1 is 1.06 bits per heavy atom. The number of aryl methyl sites for hydroxylation is 1. The van der Waals surface area contributed by atoms with Gasteiger partial charge in [0.25, 0.3) is 5.91 Å². The highest BCUT2D eigenvalue weighted by Crippen LogP contribution is 2.41. The maximum atomic E-state index is 13.3. The van der Waals surface area contributed by atoms with Crippen LogP contribution in [0.25, 0.3) is 10.9 Å². The second kappa shape index (κ2) is 8.65. The average molecular weight is 428 g/mol. The zero-order chi connectivity index (χ0) is 22.1. The van der Waals surface area contributed by atoms with Crippen molar-refractivity contribution in [2.24, 2.45) is 7.05 Å². The van der Waals surface area contributed by atoms with Gasteiger partial charge in [0.1, 0.15) is 6.54 Å². The third-order valence-corrected chi connectivity index (χ3v) is 6.75. The summed E-state index contributed by atoms with van der Waals surface area (Å²) in [6, 6.07) is 15.7. The number of allylic oxidation sites excluding steroid dienone is 1. The van der Waals surface area contributed by atoms with Gasteiger partial charge in [-0.25, -0.2) is 0 Å². The minimum absolute atomic E-state index is 0.0560. The summed E-state index contributed by atoms with van der Waals surface area (Å²) >= 11 is 0. The SMILES string of the molecule is Cn1cc([C@@H]2c3ccccc3C(=O)N2CC(=O)NCCC2=CCCCC2)c2ccccc21. The van der Waals surface area contributed by atoms with Crippen LogP contribution in [0.1, 0.15) is 59.6 Å². The van der Waals surface area contributed by atoms with Crippen molar-refractivity contribution in [3.8, 4) is 0 Å². The van der Waals surface area contributed by atoms with Gasteiger partial charge >= 0.3 is 0 Å². The lowest BCUT2D eigenvalue weighted by Gasteiger charge is -2.25. The van der Waals surface area contributed by atoms with Crippen LogP contribution < -0.4 is 5.32 Å². The van der Waals surface area contributed by atoms with Crippen LogP contribution in [0.5, 0.6) is 0 Å². The van der Waals surface area contributed by atoms with Gasteiger partial charge in [-0.05, 0) is 49.8 Å². The molecule has 5 nitrogen and oxygen atoms in total. The summed E-state index contributed by atoms with van der Waals surface area (Å²) < 4.78 is 2.09. The van der Waals surface area contributed by atoms with E-state index in [1.807, 2.05) is 43.4 Å². The molecule has 0 unspecified atom stereocenters. The van der Waals surface area contributed by atoms with Crippen molar-refractivity contribution in [2.75, 3.05) is 13.1 Å². The number of aromatic nitrogens is 1. The average Bonchev–Trinajstić information content (AvgIpc) is 3.29. The van der Waals surface area contributed by atoms with Crippen molar-refractivity contribution in [2.45, 2.75) is 38.1 Å². The number of nitrogens with one attached hydrogen (secondary N) is 1. The van der Waals surface area contributed by atoms with E-state index in [0.29, 0.717) is 12.1 Å². The van der Waals surface area contributed by atoms with Gasteiger partial charge < -0.3 is 14.8 Å². The lowest BCUT2D eigenvalue weighted by Crippen LogP contribution is -2.40. The molecule has 5 heteroatoms. The first-order valence-electron chi connectivity index (χ1n) is 11.5. The van der Waals surface area contributed by atoms with Crippen LogP contribution in [0.15, 0.2) is 66.4 Å². The van der Waals surface area contributed by atoms with Gasteiger partial charge in [-0.1, -0.05) is 48.0 Å². The first-order chi connectivity index (χ1) is 15.6. The molecule has 0 radical (unpaired) electrons. The topological polar surface area (TPSA) is 54.3 Å². The number of fused-ring (bicyclic) bond motifs is 2. The molecule has 32 heavy (non-hydrogen) atoms. The van der Waals surface area contributed by atoms with E-state index in [2.05, 4.69) is 34.3 Å². The lowest BCUT2D eigenvalue weighted by atomic mass is 9.97. The molecule has 1 aliphatic carbocycles. The summed E-state index contributed by atoms with van der Waals surface area (Å²) in [6.45, 7) is 0.680. The van der Waals surface area contributed by atoms with Gasteiger partial charge in [0.15, 0.2) is 0 Å². The highest BCUT2D eigenvalue weighted by molar-refractivity contribution is 6.02. The summed E-state index contributed by atoms with van der Waals surface area (Å²) in [5, 5.41) is 4.15. The van der Waals surface area contributed by atoms with Gasteiger partial charge in [0.2, 0.25) is 5.91 Å². The maximum Gasteiger partial charge on any atom is 0.255 e. The first kappa shape index (κ1) is 20.6. The Balaban J connectivity index is 1.40. The van der Waals surface area contributed by atoms with E-state index in [9.17, 15) is 9.59 Å². The highest BCUT2D eigenvalue weighted by atomic mass is 16.2. The molecule has 0 bridgehead atoms. The number of amides is 2. The van der Waals surface area contributed by atoms with E-state index >= 15 is 0 Å². The van der Waals surface area contributed by atoms with Gasteiger partial charge in [-0.15, -0.1) is 0 Å². The fourth-order valence-corrected chi connectivity index (χ4v) is 5.16. The highest BCUT2D eigenvalue weighted by Gasteiger charge is 2.39. The lowest BCUT2D eigenvalue weighted by molar-refractivity contribution is -0.122. The predicted molar refractivity (Wildman–Crippen MR) is 126 cm³/mol. The first-order valence-corrected chi connectivity index (χ1v) is 11.5. The van der Waals surface area contributed by atoms with Crippen LogP contribution in [0.2, 0.25) is 0 Å². The molecule has 1 atom stereocenters. The number of hydrogen-bond acceptors (Lipinski definition) is 2. The zero-order valence-electron chi connectivity index (χ0n) is 18.5. The summed E-state index contributed by atoms with van der Waals surface area (Å²) in [4.78, 5) is 27.9. The second-order valence-corrected chi connectivity index (χ2v) is 8.84. The molecule has 1 aliphatic heterocycles. The number of carbonyl (C=O) groups is 2. The number of hydrogen-bond donors (Lipinski definition) is 1. The molecule has 2 amide bonds. The largest absolute Gasteiger partial charge is 0.354 e. The monoisotopic (exact) mass is 427 g/mol. The van der Waals surface area contributed by atoms with Crippen molar-refractivity contribution in [1.82, 2.24) is 14.8 Å². The molecule has 0 saturated heterocycles. The summed E-state index contributed by atoms with van der Waals surface area (Å²) in [6.07, 6.45) is 10.1. The van der Waals surface area contributed by atoms with Gasteiger partial charge in [0, 0.05) is 41.8 Å². The van der Waals surface area contributed by atoms with Gasteiger partial charge in [-0.2, -0.15) is 0 Å². The van der Waals surface area contributed by atoms with E-state index < -0.39 is 0 Å². The van der Waals surface area contributed by atoms with Gasteiger partial charge in [-0.3, -0.25) is 9.59 Å². The van der Waals surface area contributed by atoms with Crippen molar-refractivity contribution >= 4 is 22.7 Å². The minimum Gasteiger partial charge on any atom is -0.354 e. The molecule has 2 heterocycles. The molecule has 2 aromatic carbocycles. The number of nitrogens with zero attached hydrogens (tertiary/aromatic N) is 2. The Bertz CT molecular complexity index is 1210. The fourth-order valence-electron chi connectivity index (χ4n) is 5.16. The predicted octanol–water partition coefficient (Wildman–Crippen LogP) is 4.73. The van der Waals surface area contributed by atoms with Crippen LogP contribution in [-0.2, 0) is 11.8 Å². The van der Waals surface area contributed by atoms with Crippen LogP contribution in [0, 0.1) is 0 Å². The fraction of sp³-hybridized carbons (Fsp3) is 0.333. The molecule has 0 spiro atoms. The Hall–Kier alpha value is -3.34. The molecule has 1 aromatic heterocycles. The van der Waals surface area contributed by atoms with E-state index in [1.54, 1.807) is 4.90 Å². The van der Waals surface area contributed by atoms with Gasteiger partial charge in [0.05, 0.1) is 6.04 Å². The number of carbonyl (C=O) groups excluding carboxylic acids is 2. The van der Waals surface area contributed by atoms with Crippen LogP contribution in [0.3, 0.4) is 0 Å². The molecule has 2 aliphatic rings. The number of para-hydroxylation sites is 1. The molecule has 3 aromatic rings. The van der Waals surface area contributed by atoms with Crippen molar-refractivity contribution in [3.63, 3.8) is 0 Å². The van der Waals surface area contributed by atoms with Crippen molar-refractivity contribution in [3.05, 3.63) is 83.1 Å². The second-order valence-electron chi connectivity index (χ2n) is 8.84. The Labute approximate surface area is 188 Å². The normalized spacial score (nSPS) is 18.0. The molecule has 5 rings (SSSR count). The Morgan fingerprint density at radius 3 is 2.72 bits per heavy atom. The van der Waals surface area contributed by atoms with E-state index in [4.69, 9.17) is 0 Å². The van der Waals surface area contributed by atoms with Crippen LogP contribution in [-0.4, -0.2) is 34.4 Å². The summed E-state index contributed by atoms with van der Waals surface area (Å²) in [5.74, 6) is -0.184. The number of rotatable bonds is 6. The Morgan fingerprint density at radius 2 is 1.88 bits per heavy atom. The minimum atomic E-state index is -0.267. The molecule has 0 fully saturated rings. The van der Waals surface area contributed by atoms with Crippen molar-refractivity contribution < 1.29 is 9.59 Å². The van der Waals surface area contributed by atoms with Crippen LogP contribution in [0.4, 0.5) is 0 Å². The van der Waals surface area contributed by atoms with Crippen molar-refractivity contribution in [1.29, 1.82) is 0 Å². The third-order valence-electron chi connectivity index (χ3n) is 6.75. The quantitative estimate of drug-likeness (QED) is 0.578. The molecular weight excluding hydrogens is 398 g/mol. The summed E-state index contributed by atoms with van der Waals surface area (Å²) in [5.41, 5.74) is 5.26.